The Bertz CT molecular complexity index is 1120. The summed E-state index contributed by atoms with van der Waals surface area (Å²) >= 11 is 3.15. The van der Waals surface area contributed by atoms with Gasteiger partial charge in [0.1, 0.15) is 0 Å². The molecule has 0 spiro atoms. The largest absolute Gasteiger partial charge is 0.460 e. The molecule has 0 atom stereocenters. The van der Waals surface area contributed by atoms with Crippen molar-refractivity contribution in [1.82, 2.24) is 0 Å². The maximum absolute atomic E-state index is 14.0. The van der Waals surface area contributed by atoms with Crippen molar-refractivity contribution >= 4 is 25.8 Å². The van der Waals surface area contributed by atoms with E-state index >= 15 is 0 Å². The Balaban J connectivity index is 2.07. The van der Waals surface area contributed by atoms with Gasteiger partial charge in [0.15, 0.2) is 27.2 Å². The van der Waals surface area contributed by atoms with Gasteiger partial charge in [-0.1, -0.05) is 15.9 Å². The van der Waals surface area contributed by atoms with Crippen molar-refractivity contribution in [3.63, 3.8) is 0 Å². The normalized spacial score (nSPS) is 11.3. The molecule has 0 radical (unpaired) electrons. The Morgan fingerprint density at radius 3 is 2.38 bits per heavy atom. The molecule has 134 valence electrons. The van der Waals surface area contributed by atoms with Gasteiger partial charge in [-0.2, -0.15) is 0 Å². The number of sulfone groups is 1. The first-order valence-electron chi connectivity index (χ1n) is 7.31. The van der Waals surface area contributed by atoms with Gasteiger partial charge in [-0.25, -0.2) is 12.8 Å². The van der Waals surface area contributed by atoms with Crippen molar-refractivity contribution in [3.8, 4) is 22.8 Å². The van der Waals surface area contributed by atoms with Crippen LogP contribution < -0.4 is 10.2 Å². The van der Waals surface area contributed by atoms with E-state index in [9.17, 15) is 17.6 Å². The van der Waals surface area contributed by atoms with Crippen LogP contribution in [0.15, 0.2) is 73.4 Å². The van der Waals surface area contributed by atoms with Crippen LogP contribution in [-0.2, 0) is 9.84 Å². The molecular weight excluding hydrogens is 427 g/mol. The highest BCUT2D eigenvalue weighted by Crippen LogP contribution is 2.32. The lowest BCUT2D eigenvalue weighted by molar-refractivity contribution is 0.419. The highest BCUT2D eigenvalue weighted by Gasteiger charge is 2.17. The predicted octanol–water partition coefficient (Wildman–Crippen LogP) is 4.40. The Hall–Kier alpha value is -2.45. The molecule has 0 N–H and O–H groups in total. The van der Waals surface area contributed by atoms with Crippen molar-refractivity contribution in [2.45, 2.75) is 4.90 Å². The summed E-state index contributed by atoms with van der Waals surface area (Å²) in [5.41, 5.74) is -0.0802. The molecule has 3 rings (SSSR count). The van der Waals surface area contributed by atoms with Crippen LogP contribution in [0.1, 0.15) is 0 Å². The van der Waals surface area contributed by atoms with Gasteiger partial charge < -0.3 is 9.15 Å². The standard InChI is InChI=1S/C18H12BrFO5S/c1-26(22,23)13-5-2-11(3-6-13)17-18(15(21)8-9-24-17)25-16-7-4-12(19)10-14(16)20/h2-10H,1H3. The fourth-order valence-corrected chi connectivity index (χ4v) is 3.19. The predicted molar refractivity (Wildman–Crippen MR) is 97.7 cm³/mol. The minimum Gasteiger partial charge on any atom is -0.460 e. The molecule has 2 aromatic carbocycles. The summed E-state index contributed by atoms with van der Waals surface area (Å²) in [5, 5.41) is 0. The van der Waals surface area contributed by atoms with Crippen molar-refractivity contribution in [1.29, 1.82) is 0 Å². The molecule has 0 saturated heterocycles. The smallest absolute Gasteiger partial charge is 0.228 e. The average molecular weight is 439 g/mol. The Labute approximate surface area is 157 Å². The summed E-state index contributed by atoms with van der Waals surface area (Å²) in [5.74, 6) is -0.914. The summed E-state index contributed by atoms with van der Waals surface area (Å²) in [4.78, 5) is 12.3. The van der Waals surface area contributed by atoms with Gasteiger partial charge in [-0.05, 0) is 42.5 Å². The lowest BCUT2D eigenvalue weighted by Crippen LogP contribution is -2.05. The molecule has 0 amide bonds. The van der Waals surface area contributed by atoms with Crippen molar-refractivity contribution < 1.29 is 22.0 Å². The maximum Gasteiger partial charge on any atom is 0.228 e. The quantitative estimate of drug-likeness (QED) is 0.603. The van der Waals surface area contributed by atoms with Crippen LogP contribution in [0.2, 0.25) is 0 Å². The van der Waals surface area contributed by atoms with Crippen LogP contribution >= 0.6 is 15.9 Å². The van der Waals surface area contributed by atoms with E-state index in [-0.39, 0.29) is 22.2 Å². The third kappa shape index (κ3) is 3.86. The summed E-state index contributed by atoms with van der Waals surface area (Å²) < 4.78 is 48.5. The lowest BCUT2D eigenvalue weighted by atomic mass is 10.1. The summed E-state index contributed by atoms with van der Waals surface area (Å²) in [7, 11) is -3.36. The van der Waals surface area contributed by atoms with E-state index in [2.05, 4.69) is 15.9 Å². The number of hydrogen-bond acceptors (Lipinski definition) is 5. The zero-order valence-electron chi connectivity index (χ0n) is 13.4. The first-order chi connectivity index (χ1) is 12.3. The van der Waals surface area contributed by atoms with Crippen LogP contribution in [0, 0.1) is 5.82 Å². The molecule has 8 heteroatoms. The minimum atomic E-state index is -3.36. The van der Waals surface area contributed by atoms with E-state index in [1.54, 1.807) is 6.07 Å². The average Bonchev–Trinajstić information content (AvgIpc) is 2.58. The van der Waals surface area contributed by atoms with Crippen LogP contribution in [0.25, 0.3) is 11.3 Å². The molecule has 3 aromatic rings. The SMILES string of the molecule is CS(=O)(=O)c1ccc(-c2occc(=O)c2Oc2ccc(Br)cc2F)cc1. The van der Waals surface area contributed by atoms with Crippen LogP contribution in [-0.4, -0.2) is 14.7 Å². The van der Waals surface area contributed by atoms with Crippen LogP contribution in [0.5, 0.6) is 11.5 Å². The molecule has 0 aliphatic carbocycles. The minimum absolute atomic E-state index is 0.0693. The zero-order chi connectivity index (χ0) is 18.9. The topological polar surface area (TPSA) is 73.6 Å². The van der Waals surface area contributed by atoms with Gasteiger partial charge in [0.2, 0.25) is 11.2 Å². The van der Waals surface area contributed by atoms with Crippen molar-refractivity contribution in [2.75, 3.05) is 6.26 Å². The lowest BCUT2D eigenvalue weighted by Gasteiger charge is -2.10. The van der Waals surface area contributed by atoms with Gasteiger partial charge in [0.25, 0.3) is 0 Å². The Kier molecular flexibility index (Phi) is 4.97. The molecule has 5 nitrogen and oxygen atoms in total. The molecule has 1 heterocycles. The van der Waals surface area contributed by atoms with Gasteiger partial charge in [-0.15, -0.1) is 0 Å². The van der Waals surface area contributed by atoms with E-state index < -0.39 is 21.1 Å². The van der Waals surface area contributed by atoms with E-state index in [1.165, 1.54) is 42.7 Å². The molecule has 0 unspecified atom stereocenters. The van der Waals surface area contributed by atoms with Gasteiger partial charge in [-0.3, -0.25) is 4.79 Å². The number of halogens is 2. The van der Waals surface area contributed by atoms with E-state index in [1.807, 2.05) is 0 Å². The molecule has 1 aromatic heterocycles. The first-order valence-corrected chi connectivity index (χ1v) is 9.99. The third-order valence-corrected chi connectivity index (χ3v) is 5.11. The number of benzene rings is 2. The second-order valence-corrected chi connectivity index (χ2v) is 8.35. The highest BCUT2D eigenvalue weighted by molar-refractivity contribution is 9.10. The molecule has 0 aliphatic rings. The van der Waals surface area contributed by atoms with E-state index in [4.69, 9.17) is 9.15 Å². The number of rotatable bonds is 4. The summed E-state index contributed by atoms with van der Waals surface area (Å²) in [6, 6.07) is 11.1. The van der Waals surface area contributed by atoms with E-state index in [0.29, 0.717) is 10.0 Å². The molecular formula is C18H12BrFO5S. The monoisotopic (exact) mass is 438 g/mol. The fraction of sp³-hybridized carbons (Fsp3) is 0.0556. The highest BCUT2D eigenvalue weighted by atomic mass is 79.9. The molecule has 0 bridgehead atoms. The van der Waals surface area contributed by atoms with Crippen molar-refractivity contribution in [3.05, 3.63) is 75.3 Å². The first kappa shape index (κ1) is 18.3. The molecule has 0 fully saturated rings. The number of hydrogen-bond donors (Lipinski definition) is 0. The second kappa shape index (κ2) is 7.05. The summed E-state index contributed by atoms with van der Waals surface area (Å²) in [6.07, 6.45) is 2.28. The number of ether oxygens (including phenoxy) is 1. The van der Waals surface area contributed by atoms with Crippen molar-refractivity contribution in [2.24, 2.45) is 0 Å². The van der Waals surface area contributed by atoms with Crippen LogP contribution in [0.4, 0.5) is 4.39 Å². The van der Waals surface area contributed by atoms with Gasteiger partial charge in [0.05, 0.1) is 11.2 Å². The van der Waals surface area contributed by atoms with Gasteiger partial charge in [0, 0.05) is 22.4 Å². The zero-order valence-corrected chi connectivity index (χ0v) is 15.8. The second-order valence-electron chi connectivity index (χ2n) is 5.42. The fourth-order valence-electron chi connectivity index (χ4n) is 2.22. The van der Waals surface area contributed by atoms with Crippen LogP contribution in [0.3, 0.4) is 0 Å². The van der Waals surface area contributed by atoms with E-state index in [0.717, 1.165) is 12.3 Å². The maximum atomic E-state index is 14.0. The molecule has 26 heavy (non-hydrogen) atoms. The van der Waals surface area contributed by atoms with Gasteiger partial charge >= 0.3 is 0 Å². The molecule has 0 aliphatic heterocycles. The molecule has 0 saturated carbocycles. The Morgan fingerprint density at radius 2 is 1.77 bits per heavy atom. The third-order valence-electron chi connectivity index (χ3n) is 3.49. The Morgan fingerprint density at radius 1 is 1.08 bits per heavy atom. The summed E-state index contributed by atoms with van der Waals surface area (Å²) in [6.45, 7) is 0.